The molecule has 4 aromatic rings. The van der Waals surface area contributed by atoms with Gasteiger partial charge in [0, 0.05) is 34.2 Å². The predicted octanol–water partition coefficient (Wildman–Crippen LogP) is 6.61. The summed E-state index contributed by atoms with van der Waals surface area (Å²) in [4.78, 5) is 12.7. The first-order valence-electron chi connectivity index (χ1n) is 10.1. The van der Waals surface area contributed by atoms with Crippen molar-refractivity contribution in [2.75, 3.05) is 7.11 Å². The summed E-state index contributed by atoms with van der Waals surface area (Å²) in [5.74, 6) is 1.33. The van der Waals surface area contributed by atoms with E-state index in [0.29, 0.717) is 22.9 Å². The molecule has 0 aliphatic carbocycles. The van der Waals surface area contributed by atoms with Gasteiger partial charge in [-0.05, 0) is 66.2 Å². The van der Waals surface area contributed by atoms with Crippen molar-refractivity contribution in [3.05, 3.63) is 119 Å². The third kappa shape index (κ3) is 5.29. The largest absolute Gasteiger partial charge is 0.496 e. The monoisotopic (exact) mass is 443 g/mol. The number of aromatic nitrogens is 1. The normalized spacial score (nSPS) is 10.9. The molecule has 0 saturated heterocycles. The molecule has 4 rings (SSSR count). The smallest absolute Gasteiger partial charge is 0.185 e. The molecule has 32 heavy (non-hydrogen) atoms. The second-order valence-electron chi connectivity index (χ2n) is 7.16. The van der Waals surface area contributed by atoms with Gasteiger partial charge in [0.05, 0.1) is 7.11 Å². The van der Waals surface area contributed by atoms with Crippen LogP contribution in [0.4, 0.5) is 0 Å². The first kappa shape index (κ1) is 21.5. The van der Waals surface area contributed by atoms with E-state index < -0.39 is 0 Å². The van der Waals surface area contributed by atoms with Crippen LogP contribution in [0.1, 0.15) is 21.5 Å². The van der Waals surface area contributed by atoms with Crippen molar-refractivity contribution in [1.82, 2.24) is 4.57 Å². The number of carbonyl (C=O) groups excluding carboxylic acids is 1. The van der Waals surface area contributed by atoms with Crippen LogP contribution in [-0.4, -0.2) is 17.5 Å². The molecule has 0 aliphatic heterocycles. The second-order valence-corrected chi connectivity index (χ2v) is 7.59. The van der Waals surface area contributed by atoms with Crippen LogP contribution in [0.5, 0.6) is 11.5 Å². The Morgan fingerprint density at radius 3 is 2.56 bits per heavy atom. The quantitative estimate of drug-likeness (QED) is 0.227. The molecular formula is C27H22ClNO3. The van der Waals surface area contributed by atoms with Crippen LogP contribution in [0.25, 0.3) is 11.8 Å². The van der Waals surface area contributed by atoms with Gasteiger partial charge in [-0.1, -0.05) is 41.9 Å². The Kier molecular flexibility index (Phi) is 6.73. The van der Waals surface area contributed by atoms with Crippen molar-refractivity contribution in [1.29, 1.82) is 0 Å². The Bertz CT molecular complexity index is 1250. The molecule has 0 bridgehead atoms. The molecule has 0 unspecified atom stereocenters. The lowest BCUT2D eigenvalue weighted by molar-refractivity contribution is 0.104. The number of allylic oxidation sites excluding steroid dienone is 1. The van der Waals surface area contributed by atoms with E-state index in [9.17, 15) is 4.79 Å². The van der Waals surface area contributed by atoms with E-state index in [2.05, 4.69) is 0 Å². The molecule has 0 fully saturated rings. The van der Waals surface area contributed by atoms with Crippen LogP contribution in [-0.2, 0) is 6.61 Å². The van der Waals surface area contributed by atoms with E-state index in [-0.39, 0.29) is 5.78 Å². The fourth-order valence-corrected chi connectivity index (χ4v) is 3.51. The zero-order valence-electron chi connectivity index (χ0n) is 17.6. The van der Waals surface area contributed by atoms with Crippen LogP contribution < -0.4 is 9.47 Å². The molecule has 0 atom stereocenters. The van der Waals surface area contributed by atoms with E-state index in [1.807, 2.05) is 83.7 Å². The Balaban J connectivity index is 1.49. The summed E-state index contributed by atoms with van der Waals surface area (Å²) in [6.45, 7) is 0.318. The minimum absolute atomic E-state index is 0.0634. The third-order valence-corrected chi connectivity index (χ3v) is 5.19. The van der Waals surface area contributed by atoms with Crippen molar-refractivity contribution in [3.8, 4) is 17.2 Å². The van der Waals surface area contributed by atoms with Crippen LogP contribution >= 0.6 is 11.6 Å². The fraction of sp³-hybridized carbons (Fsp3) is 0.0741. The zero-order valence-corrected chi connectivity index (χ0v) is 18.3. The minimum atomic E-state index is -0.0634. The number of ether oxygens (including phenoxy) is 2. The number of nitrogens with zero attached hydrogens (tertiary/aromatic N) is 1. The van der Waals surface area contributed by atoms with Crippen molar-refractivity contribution in [3.63, 3.8) is 0 Å². The molecule has 1 heterocycles. The van der Waals surface area contributed by atoms with Gasteiger partial charge in [0.2, 0.25) is 0 Å². The van der Waals surface area contributed by atoms with E-state index in [4.69, 9.17) is 21.1 Å². The van der Waals surface area contributed by atoms with E-state index in [1.165, 1.54) is 0 Å². The lowest BCUT2D eigenvalue weighted by Gasteiger charge is -2.11. The summed E-state index contributed by atoms with van der Waals surface area (Å²) in [7, 11) is 1.62. The minimum Gasteiger partial charge on any atom is -0.496 e. The molecule has 0 N–H and O–H groups in total. The number of hydrogen-bond donors (Lipinski definition) is 0. The van der Waals surface area contributed by atoms with Gasteiger partial charge in [0.1, 0.15) is 18.1 Å². The van der Waals surface area contributed by atoms with Gasteiger partial charge in [0.25, 0.3) is 0 Å². The summed E-state index contributed by atoms with van der Waals surface area (Å²) in [6, 6.07) is 24.4. The molecule has 5 heteroatoms. The van der Waals surface area contributed by atoms with Gasteiger partial charge in [0.15, 0.2) is 5.78 Å². The predicted molar refractivity (Wildman–Crippen MR) is 128 cm³/mol. The highest BCUT2D eigenvalue weighted by atomic mass is 35.5. The second kappa shape index (κ2) is 10.0. The molecular weight excluding hydrogens is 422 g/mol. The Labute approximate surface area is 192 Å². The molecule has 0 saturated carbocycles. The summed E-state index contributed by atoms with van der Waals surface area (Å²) in [5.41, 5.74) is 3.33. The maximum absolute atomic E-state index is 12.7. The maximum Gasteiger partial charge on any atom is 0.185 e. The van der Waals surface area contributed by atoms with Crippen LogP contribution in [0.2, 0.25) is 5.02 Å². The Morgan fingerprint density at radius 2 is 1.78 bits per heavy atom. The molecule has 0 radical (unpaired) electrons. The number of halogens is 1. The van der Waals surface area contributed by atoms with Gasteiger partial charge in [-0.3, -0.25) is 4.79 Å². The molecule has 0 aliphatic rings. The van der Waals surface area contributed by atoms with Crippen molar-refractivity contribution in [2.45, 2.75) is 6.61 Å². The number of carbonyl (C=O) groups is 1. The first-order chi connectivity index (χ1) is 15.6. The van der Waals surface area contributed by atoms with Crippen LogP contribution in [0, 0.1) is 0 Å². The fourth-order valence-electron chi connectivity index (χ4n) is 3.33. The van der Waals surface area contributed by atoms with E-state index in [0.717, 1.165) is 22.6 Å². The summed E-state index contributed by atoms with van der Waals surface area (Å²) < 4.78 is 13.3. The van der Waals surface area contributed by atoms with Gasteiger partial charge in [-0.25, -0.2) is 0 Å². The third-order valence-electron chi connectivity index (χ3n) is 4.96. The molecule has 4 nitrogen and oxygen atoms in total. The van der Waals surface area contributed by atoms with Gasteiger partial charge >= 0.3 is 0 Å². The Hall–Kier alpha value is -3.76. The Morgan fingerprint density at radius 1 is 0.969 bits per heavy atom. The summed E-state index contributed by atoms with van der Waals surface area (Å²) in [5, 5.41) is 0.616. The number of rotatable bonds is 8. The van der Waals surface area contributed by atoms with Gasteiger partial charge in [-0.2, -0.15) is 0 Å². The van der Waals surface area contributed by atoms with E-state index in [1.54, 1.807) is 31.4 Å². The number of hydrogen-bond acceptors (Lipinski definition) is 3. The lowest BCUT2D eigenvalue weighted by atomic mass is 10.1. The van der Waals surface area contributed by atoms with Crippen molar-refractivity contribution in [2.24, 2.45) is 0 Å². The number of ketones is 1. The summed E-state index contributed by atoms with van der Waals surface area (Å²) in [6.07, 6.45) is 7.28. The maximum atomic E-state index is 12.7. The van der Waals surface area contributed by atoms with E-state index >= 15 is 0 Å². The molecule has 160 valence electrons. The topological polar surface area (TPSA) is 40.5 Å². The first-order valence-corrected chi connectivity index (χ1v) is 10.5. The number of methoxy groups -OCH3 is 1. The average molecular weight is 444 g/mol. The van der Waals surface area contributed by atoms with Crippen LogP contribution in [0.3, 0.4) is 0 Å². The number of benzene rings is 3. The molecule has 0 spiro atoms. The summed E-state index contributed by atoms with van der Waals surface area (Å²) >= 11 is 6.02. The highest BCUT2D eigenvalue weighted by Crippen LogP contribution is 2.24. The highest BCUT2D eigenvalue weighted by molar-refractivity contribution is 6.30. The standard InChI is InChI=1S/C27H22ClNO3/c1-31-27-13-11-20(16-22(27)19-32-25-9-5-7-23(28)18-25)10-12-26(30)21-6-4-8-24(17-21)29-14-2-3-15-29/h2-18H,19H2,1H3. The molecule has 1 aromatic heterocycles. The van der Waals surface area contributed by atoms with Gasteiger partial charge < -0.3 is 14.0 Å². The average Bonchev–Trinajstić information content (AvgIpc) is 3.36. The van der Waals surface area contributed by atoms with Crippen molar-refractivity contribution < 1.29 is 14.3 Å². The molecule has 0 amide bonds. The van der Waals surface area contributed by atoms with Crippen molar-refractivity contribution >= 4 is 23.5 Å². The molecule has 3 aromatic carbocycles. The SMILES string of the molecule is COc1ccc(C=CC(=O)c2cccc(-n3cccc3)c2)cc1COc1cccc(Cl)c1. The van der Waals surface area contributed by atoms with Crippen LogP contribution in [0.15, 0.2) is 97.3 Å². The van der Waals surface area contributed by atoms with Gasteiger partial charge in [-0.15, -0.1) is 0 Å². The lowest BCUT2D eigenvalue weighted by Crippen LogP contribution is -2.00. The zero-order chi connectivity index (χ0) is 22.3. The highest BCUT2D eigenvalue weighted by Gasteiger charge is 2.07.